The smallest absolute Gasteiger partial charge is 0.407 e. The molecule has 0 aromatic carbocycles. The average Bonchev–Trinajstić information content (AvgIpc) is 2.61. The fourth-order valence-electron chi connectivity index (χ4n) is 1.57. The lowest BCUT2D eigenvalue weighted by atomic mass is 10.2. The molecule has 0 saturated heterocycles. The number of ether oxygens (including phenoxy) is 1. The highest BCUT2D eigenvalue weighted by atomic mass is 16.6. The number of aryl methyl sites for hydroxylation is 2. The molecule has 2 N–H and O–H groups in total. The van der Waals surface area contributed by atoms with Crippen LogP contribution in [0.3, 0.4) is 0 Å². The van der Waals surface area contributed by atoms with Gasteiger partial charge < -0.3 is 15.4 Å². The third kappa shape index (κ3) is 5.29. The Balaban J connectivity index is 2.30. The number of carbonyl (C=O) groups excluding carboxylic acids is 2. The Labute approximate surface area is 118 Å². The Morgan fingerprint density at radius 3 is 2.40 bits per heavy atom. The standard InChI is InChI=1S/C13H22N4O3/c1-9-10(8-17(5)16-9)11(18)14-6-7-15-12(19)20-13(2,3)4/h8H,6-7H2,1-5H3,(H,14,18)(H,15,19). The highest BCUT2D eigenvalue weighted by Crippen LogP contribution is 2.06. The first kappa shape index (κ1) is 16.0. The first-order valence-corrected chi connectivity index (χ1v) is 6.44. The van der Waals surface area contributed by atoms with Crippen molar-refractivity contribution < 1.29 is 14.3 Å². The summed E-state index contributed by atoms with van der Waals surface area (Å²) in [5.41, 5.74) is 0.676. The summed E-state index contributed by atoms with van der Waals surface area (Å²) in [5.74, 6) is -0.207. The maximum Gasteiger partial charge on any atom is 0.407 e. The van der Waals surface area contributed by atoms with Crippen molar-refractivity contribution in [2.24, 2.45) is 7.05 Å². The predicted octanol–water partition coefficient (Wildman–Crippen LogP) is 0.983. The van der Waals surface area contributed by atoms with Crippen molar-refractivity contribution in [1.82, 2.24) is 20.4 Å². The Morgan fingerprint density at radius 1 is 1.30 bits per heavy atom. The SMILES string of the molecule is Cc1nn(C)cc1C(=O)NCCNC(=O)OC(C)(C)C. The van der Waals surface area contributed by atoms with Gasteiger partial charge in [0.2, 0.25) is 0 Å². The van der Waals surface area contributed by atoms with Crippen LogP contribution in [0.4, 0.5) is 4.79 Å². The van der Waals surface area contributed by atoms with E-state index in [-0.39, 0.29) is 5.91 Å². The van der Waals surface area contributed by atoms with Crippen LogP contribution >= 0.6 is 0 Å². The van der Waals surface area contributed by atoms with Gasteiger partial charge in [-0.3, -0.25) is 9.48 Å². The Morgan fingerprint density at radius 2 is 1.90 bits per heavy atom. The molecule has 1 aromatic heterocycles. The molecule has 0 fully saturated rings. The number of nitrogens with one attached hydrogen (secondary N) is 2. The fraction of sp³-hybridized carbons (Fsp3) is 0.615. The molecule has 7 nitrogen and oxygen atoms in total. The van der Waals surface area contributed by atoms with Crippen LogP contribution in [-0.2, 0) is 11.8 Å². The lowest BCUT2D eigenvalue weighted by molar-refractivity contribution is 0.0526. The molecule has 0 spiro atoms. The molecular formula is C13H22N4O3. The van der Waals surface area contributed by atoms with Gasteiger partial charge in [0.15, 0.2) is 0 Å². The maximum atomic E-state index is 11.8. The Kier molecular flexibility index (Phi) is 5.12. The van der Waals surface area contributed by atoms with Crippen molar-refractivity contribution in [3.8, 4) is 0 Å². The van der Waals surface area contributed by atoms with E-state index in [4.69, 9.17) is 4.74 Å². The summed E-state index contributed by atoms with van der Waals surface area (Å²) in [5, 5.41) is 9.37. The number of alkyl carbamates (subject to hydrolysis) is 1. The van der Waals surface area contributed by atoms with Gasteiger partial charge in [0.05, 0.1) is 11.3 Å². The lowest BCUT2D eigenvalue weighted by Crippen LogP contribution is -2.37. The van der Waals surface area contributed by atoms with Crippen molar-refractivity contribution >= 4 is 12.0 Å². The first-order chi connectivity index (χ1) is 9.19. The molecule has 0 bridgehead atoms. The van der Waals surface area contributed by atoms with Crippen molar-refractivity contribution in [2.75, 3.05) is 13.1 Å². The highest BCUT2D eigenvalue weighted by molar-refractivity contribution is 5.95. The number of rotatable bonds is 4. The molecule has 2 amide bonds. The summed E-state index contributed by atoms with van der Waals surface area (Å²) in [6.07, 6.45) is 1.16. The van der Waals surface area contributed by atoms with Crippen LogP contribution in [0.2, 0.25) is 0 Å². The third-order valence-corrected chi connectivity index (χ3v) is 2.34. The minimum atomic E-state index is -0.528. The normalized spacial score (nSPS) is 11.1. The average molecular weight is 282 g/mol. The van der Waals surface area contributed by atoms with Crippen LogP contribution < -0.4 is 10.6 Å². The minimum absolute atomic E-state index is 0.207. The number of hydrogen-bond donors (Lipinski definition) is 2. The van der Waals surface area contributed by atoms with Crippen molar-refractivity contribution in [1.29, 1.82) is 0 Å². The summed E-state index contributed by atoms with van der Waals surface area (Å²) in [6, 6.07) is 0. The molecule has 0 saturated carbocycles. The van der Waals surface area contributed by atoms with E-state index in [1.165, 1.54) is 0 Å². The molecule has 0 aliphatic heterocycles. The molecule has 0 atom stereocenters. The molecule has 0 aliphatic carbocycles. The summed E-state index contributed by atoms with van der Waals surface area (Å²) in [7, 11) is 1.76. The van der Waals surface area contributed by atoms with E-state index in [1.807, 2.05) is 0 Å². The molecule has 7 heteroatoms. The molecular weight excluding hydrogens is 260 g/mol. The van der Waals surface area contributed by atoms with Crippen LogP contribution in [0.5, 0.6) is 0 Å². The number of amides is 2. The topological polar surface area (TPSA) is 85.3 Å². The fourth-order valence-corrected chi connectivity index (χ4v) is 1.57. The van der Waals surface area contributed by atoms with Crippen LogP contribution in [0.15, 0.2) is 6.20 Å². The summed E-state index contributed by atoms with van der Waals surface area (Å²) in [4.78, 5) is 23.2. The van der Waals surface area contributed by atoms with Gasteiger partial charge in [-0.1, -0.05) is 0 Å². The van der Waals surface area contributed by atoms with E-state index in [2.05, 4.69) is 15.7 Å². The zero-order valence-electron chi connectivity index (χ0n) is 12.6. The molecule has 0 unspecified atom stereocenters. The van der Waals surface area contributed by atoms with Gasteiger partial charge in [-0.25, -0.2) is 4.79 Å². The monoisotopic (exact) mass is 282 g/mol. The molecule has 1 rings (SSSR count). The van der Waals surface area contributed by atoms with Crippen LogP contribution in [0.25, 0.3) is 0 Å². The number of aromatic nitrogens is 2. The van der Waals surface area contributed by atoms with Crippen LogP contribution in [-0.4, -0.2) is 40.5 Å². The second-order valence-corrected chi connectivity index (χ2v) is 5.49. The molecule has 0 aliphatic rings. The van der Waals surface area contributed by atoms with E-state index >= 15 is 0 Å². The molecule has 1 aromatic rings. The van der Waals surface area contributed by atoms with Crippen molar-refractivity contribution in [3.05, 3.63) is 17.5 Å². The second-order valence-electron chi connectivity index (χ2n) is 5.49. The molecule has 112 valence electrons. The van der Waals surface area contributed by atoms with Crippen molar-refractivity contribution in [3.63, 3.8) is 0 Å². The quantitative estimate of drug-likeness (QED) is 0.806. The van der Waals surface area contributed by atoms with Gasteiger partial charge in [0, 0.05) is 26.3 Å². The van der Waals surface area contributed by atoms with E-state index in [1.54, 1.807) is 45.6 Å². The van der Waals surface area contributed by atoms with Gasteiger partial charge in [-0.15, -0.1) is 0 Å². The summed E-state index contributed by atoms with van der Waals surface area (Å²) < 4.78 is 6.66. The summed E-state index contributed by atoms with van der Waals surface area (Å²) in [6.45, 7) is 7.78. The maximum absolute atomic E-state index is 11.8. The zero-order valence-corrected chi connectivity index (χ0v) is 12.6. The first-order valence-electron chi connectivity index (χ1n) is 6.44. The molecule has 0 radical (unpaired) electrons. The second kappa shape index (κ2) is 6.40. The Hall–Kier alpha value is -2.05. The number of hydrogen-bond acceptors (Lipinski definition) is 4. The van der Waals surface area contributed by atoms with Crippen LogP contribution in [0, 0.1) is 6.92 Å². The van der Waals surface area contributed by atoms with E-state index in [0.29, 0.717) is 24.3 Å². The van der Waals surface area contributed by atoms with Gasteiger partial charge in [0.1, 0.15) is 5.60 Å². The molecule has 20 heavy (non-hydrogen) atoms. The minimum Gasteiger partial charge on any atom is -0.444 e. The number of nitrogens with zero attached hydrogens (tertiary/aromatic N) is 2. The molecule has 1 heterocycles. The van der Waals surface area contributed by atoms with E-state index in [0.717, 1.165) is 0 Å². The number of carbonyl (C=O) groups is 2. The van der Waals surface area contributed by atoms with E-state index < -0.39 is 11.7 Å². The van der Waals surface area contributed by atoms with Gasteiger partial charge >= 0.3 is 6.09 Å². The zero-order chi connectivity index (χ0) is 15.3. The third-order valence-electron chi connectivity index (χ3n) is 2.34. The van der Waals surface area contributed by atoms with Crippen molar-refractivity contribution in [2.45, 2.75) is 33.3 Å². The largest absolute Gasteiger partial charge is 0.444 e. The van der Waals surface area contributed by atoms with E-state index in [9.17, 15) is 9.59 Å². The van der Waals surface area contributed by atoms with Gasteiger partial charge in [-0.05, 0) is 27.7 Å². The predicted molar refractivity (Wildman–Crippen MR) is 74.5 cm³/mol. The lowest BCUT2D eigenvalue weighted by Gasteiger charge is -2.19. The highest BCUT2D eigenvalue weighted by Gasteiger charge is 2.16. The van der Waals surface area contributed by atoms with Gasteiger partial charge in [-0.2, -0.15) is 5.10 Å². The summed E-state index contributed by atoms with van der Waals surface area (Å²) >= 11 is 0. The Bertz CT molecular complexity index is 488. The van der Waals surface area contributed by atoms with Crippen LogP contribution in [0.1, 0.15) is 36.8 Å². The van der Waals surface area contributed by atoms with Gasteiger partial charge in [0.25, 0.3) is 5.91 Å².